The summed E-state index contributed by atoms with van der Waals surface area (Å²) in [5, 5.41) is 0.869. The second kappa shape index (κ2) is 7.71. The second-order valence-corrected chi connectivity index (χ2v) is 7.51. The summed E-state index contributed by atoms with van der Waals surface area (Å²) in [6.07, 6.45) is 1.67. The highest BCUT2D eigenvalue weighted by Gasteiger charge is 2.36. The number of para-hydroxylation sites is 1. The summed E-state index contributed by atoms with van der Waals surface area (Å²) in [4.78, 5) is 39.5. The molecule has 0 spiro atoms. The molecule has 3 heterocycles. The van der Waals surface area contributed by atoms with Gasteiger partial charge in [0.1, 0.15) is 17.7 Å². The molecule has 0 bridgehead atoms. The number of piperazine rings is 1. The van der Waals surface area contributed by atoms with E-state index in [9.17, 15) is 9.59 Å². The van der Waals surface area contributed by atoms with E-state index in [2.05, 4.69) is 14.9 Å². The zero-order valence-corrected chi connectivity index (χ0v) is 16.2. The lowest BCUT2D eigenvalue weighted by atomic mass is 10.1. The number of benzene rings is 1. The molecule has 1 aromatic heterocycles. The monoisotopic (exact) mass is 382 g/mol. The highest BCUT2D eigenvalue weighted by atomic mass is 16.2. The van der Waals surface area contributed by atoms with Gasteiger partial charge in [0.15, 0.2) is 0 Å². The highest BCUT2D eigenvalue weighted by Crippen LogP contribution is 2.21. The van der Waals surface area contributed by atoms with Crippen LogP contribution in [0, 0.1) is 0 Å². The first-order valence-corrected chi connectivity index (χ1v) is 9.82. The molecule has 148 valence electrons. The maximum Gasteiger partial charge on any atom is 0.245 e. The molecule has 1 unspecified atom stereocenters. The highest BCUT2D eigenvalue weighted by molar-refractivity contribution is 5.88. The van der Waals surface area contributed by atoms with E-state index in [1.165, 1.54) is 0 Å². The van der Waals surface area contributed by atoms with E-state index in [0.717, 1.165) is 36.8 Å². The van der Waals surface area contributed by atoms with Gasteiger partial charge in [-0.3, -0.25) is 14.5 Å². The number of aromatic nitrogens is 2. The second-order valence-electron chi connectivity index (χ2n) is 7.51. The Morgan fingerprint density at radius 2 is 1.86 bits per heavy atom. The zero-order valence-electron chi connectivity index (χ0n) is 16.2. The Hall–Kier alpha value is -2.74. The summed E-state index contributed by atoms with van der Waals surface area (Å²) in [6, 6.07) is 7.45. The first-order chi connectivity index (χ1) is 13.5. The van der Waals surface area contributed by atoms with Crippen molar-refractivity contribution in [2.75, 3.05) is 38.5 Å². The van der Waals surface area contributed by atoms with Crippen LogP contribution in [0.25, 0.3) is 10.9 Å². The topological polar surface area (TPSA) is 95.7 Å². The van der Waals surface area contributed by atoms with Crippen LogP contribution in [0.2, 0.25) is 0 Å². The molecule has 8 heteroatoms. The van der Waals surface area contributed by atoms with Crippen LogP contribution in [0.15, 0.2) is 24.3 Å². The molecule has 2 saturated heterocycles. The van der Waals surface area contributed by atoms with Crippen molar-refractivity contribution in [1.82, 2.24) is 24.7 Å². The van der Waals surface area contributed by atoms with Crippen molar-refractivity contribution < 1.29 is 9.59 Å². The zero-order chi connectivity index (χ0) is 19.7. The van der Waals surface area contributed by atoms with Crippen LogP contribution in [0.3, 0.4) is 0 Å². The minimum Gasteiger partial charge on any atom is -0.383 e. The predicted molar refractivity (Wildman–Crippen MR) is 106 cm³/mol. The molecule has 2 aliphatic heterocycles. The molecule has 28 heavy (non-hydrogen) atoms. The minimum atomic E-state index is -0.285. The van der Waals surface area contributed by atoms with Gasteiger partial charge in [0.2, 0.25) is 11.8 Å². The Morgan fingerprint density at radius 1 is 1.11 bits per heavy atom. The maximum absolute atomic E-state index is 12.8. The van der Waals surface area contributed by atoms with Crippen molar-refractivity contribution >= 4 is 28.5 Å². The van der Waals surface area contributed by atoms with Gasteiger partial charge in [-0.15, -0.1) is 0 Å². The average Bonchev–Trinajstić information content (AvgIpc) is 3.18. The molecule has 1 atom stereocenters. The summed E-state index contributed by atoms with van der Waals surface area (Å²) < 4.78 is 0. The first-order valence-electron chi connectivity index (χ1n) is 9.82. The molecular weight excluding hydrogens is 356 g/mol. The summed E-state index contributed by atoms with van der Waals surface area (Å²) in [6.45, 7) is 5.67. The lowest BCUT2D eigenvalue weighted by Crippen LogP contribution is -2.54. The molecular formula is C20H26N6O2. The Kier molecular flexibility index (Phi) is 5.13. The van der Waals surface area contributed by atoms with Crippen LogP contribution in [-0.4, -0.2) is 75.2 Å². The SMILES string of the molecule is CC(=O)N1CCCC1C(=O)N1CCN(Cc2nc(N)c3ccccc3n2)CC1. The summed E-state index contributed by atoms with van der Waals surface area (Å²) >= 11 is 0. The molecule has 2 aromatic rings. The number of nitrogens with zero attached hydrogens (tertiary/aromatic N) is 5. The fourth-order valence-corrected chi connectivity index (χ4v) is 4.16. The summed E-state index contributed by atoms with van der Waals surface area (Å²) in [7, 11) is 0. The fourth-order valence-electron chi connectivity index (χ4n) is 4.16. The molecule has 0 aliphatic carbocycles. The maximum atomic E-state index is 12.8. The fraction of sp³-hybridized carbons (Fsp3) is 0.500. The van der Waals surface area contributed by atoms with Gasteiger partial charge in [0.05, 0.1) is 12.1 Å². The smallest absolute Gasteiger partial charge is 0.245 e. The Morgan fingerprint density at radius 3 is 2.61 bits per heavy atom. The van der Waals surface area contributed by atoms with Crippen LogP contribution in [0.5, 0.6) is 0 Å². The van der Waals surface area contributed by atoms with E-state index in [0.29, 0.717) is 37.8 Å². The Bertz CT molecular complexity index is 893. The molecule has 2 fully saturated rings. The van der Waals surface area contributed by atoms with E-state index >= 15 is 0 Å². The number of carbonyl (C=O) groups is 2. The van der Waals surface area contributed by atoms with Gasteiger partial charge >= 0.3 is 0 Å². The Balaban J connectivity index is 1.37. The number of amides is 2. The lowest BCUT2D eigenvalue weighted by molar-refractivity contribution is -0.144. The van der Waals surface area contributed by atoms with Crippen molar-refractivity contribution in [3.63, 3.8) is 0 Å². The molecule has 2 amide bonds. The molecule has 8 nitrogen and oxygen atoms in total. The van der Waals surface area contributed by atoms with Crippen LogP contribution in [-0.2, 0) is 16.1 Å². The van der Waals surface area contributed by atoms with Crippen molar-refractivity contribution in [1.29, 1.82) is 0 Å². The van der Waals surface area contributed by atoms with E-state index in [4.69, 9.17) is 5.73 Å². The standard InChI is InChI=1S/C20H26N6O2/c1-14(27)26-8-4-7-17(26)20(28)25-11-9-24(10-12-25)13-18-22-16-6-3-2-5-15(16)19(21)23-18/h2-3,5-6,17H,4,7-13H2,1H3,(H2,21,22,23). The molecule has 2 aliphatic rings. The molecule has 4 rings (SSSR count). The lowest BCUT2D eigenvalue weighted by Gasteiger charge is -2.37. The van der Waals surface area contributed by atoms with Crippen LogP contribution >= 0.6 is 0 Å². The van der Waals surface area contributed by atoms with Crippen molar-refractivity contribution in [2.24, 2.45) is 0 Å². The third-order valence-corrected chi connectivity index (χ3v) is 5.67. The van der Waals surface area contributed by atoms with Crippen LogP contribution in [0.1, 0.15) is 25.6 Å². The molecule has 0 radical (unpaired) electrons. The third kappa shape index (κ3) is 3.64. The average molecular weight is 382 g/mol. The quantitative estimate of drug-likeness (QED) is 0.846. The van der Waals surface area contributed by atoms with E-state index in [1.807, 2.05) is 29.2 Å². The molecule has 2 N–H and O–H groups in total. The number of hydrogen-bond donors (Lipinski definition) is 1. The van der Waals surface area contributed by atoms with Gasteiger partial charge in [-0.05, 0) is 25.0 Å². The normalized spacial score (nSPS) is 20.7. The van der Waals surface area contributed by atoms with Gasteiger partial charge in [0.25, 0.3) is 0 Å². The predicted octanol–water partition coefficient (Wildman–Crippen LogP) is 0.867. The van der Waals surface area contributed by atoms with Gasteiger partial charge in [-0.25, -0.2) is 9.97 Å². The minimum absolute atomic E-state index is 0.0134. The third-order valence-electron chi connectivity index (χ3n) is 5.67. The van der Waals surface area contributed by atoms with Gasteiger partial charge < -0.3 is 15.5 Å². The Labute approximate surface area is 164 Å². The molecule has 0 saturated carbocycles. The number of nitrogen functional groups attached to an aromatic ring is 1. The van der Waals surface area contributed by atoms with Crippen molar-refractivity contribution in [2.45, 2.75) is 32.4 Å². The number of carbonyl (C=O) groups excluding carboxylic acids is 2. The number of fused-ring (bicyclic) bond motifs is 1. The van der Waals surface area contributed by atoms with Crippen LogP contribution in [0.4, 0.5) is 5.82 Å². The van der Waals surface area contributed by atoms with Gasteiger partial charge in [-0.1, -0.05) is 12.1 Å². The van der Waals surface area contributed by atoms with Crippen molar-refractivity contribution in [3.8, 4) is 0 Å². The van der Waals surface area contributed by atoms with Gasteiger partial charge in [0, 0.05) is 45.0 Å². The number of anilines is 1. The number of rotatable bonds is 3. The largest absolute Gasteiger partial charge is 0.383 e. The first kappa shape index (κ1) is 18.6. The number of likely N-dealkylation sites (tertiary alicyclic amines) is 1. The van der Waals surface area contributed by atoms with Crippen LogP contribution < -0.4 is 5.73 Å². The van der Waals surface area contributed by atoms with E-state index < -0.39 is 0 Å². The van der Waals surface area contributed by atoms with Crippen molar-refractivity contribution in [3.05, 3.63) is 30.1 Å². The van der Waals surface area contributed by atoms with E-state index in [-0.39, 0.29) is 17.9 Å². The summed E-state index contributed by atoms with van der Waals surface area (Å²) in [5.41, 5.74) is 6.93. The van der Waals surface area contributed by atoms with Gasteiger partial charge in [-0.2, -0.15) is 0 Å². The summed E-state index contributed by atoms with van der Waals surface area (Å²) in [5.74, 6) is 1.27. The number of hydrogen-bond acceptors (Lipinski definition) is 6. The van der Waals surface area contributed by atoms with E-state index in [1.54, 1.807) is 11.8 Å². The molecule has 1 aromatic carbocycles. The number of nitrogens with two attached hydrogens (primary N) is 1.